The van der Waals surface area contributed by atoms with Gasteiger partial charge in [-0.05, 0) is 68.5 Å². The largest absolute Gasteiger partial charge is 0.508 e. The summed E-state index contributed by atoms with van der Waals surface area (Å²) in [6, 6.07) is 13.9. The summed E-state index contributed by atoms with van der Waals surface area (Å²) >= 11 is 5.66. The van der Waals surface area contributed by atoms with E-state index in [0.29, 0.717) is 17.7 Å². The molecule has 2 aromatic rings. The van der Waals surface area contributed by atoms with Gasteiger partial charge in [0.1, 0.15) is 11.6 Å². The van der Waals surface area contributed by atoms with Crippen LogP contribution >= 0.6 is 12.2 Å². The summed E-state index contributed by atoms with van der Waals surface area (Å²) in [4.78, 5) is 4.36. The van der Waals surface area contributed by atoms with Crippen LogP contribution in [-0.4, -0.2) is 40.8 Å². The van der Waals surface area contributed by atoms with E-state index in [9.17, 15) is 9.50 Å². The molecule has 0 amide bonds. The Morgan fingerprint density at radius 1 is 1.26 bits per heavy atom. The molecule has 27 heavy (non-hydrogen) atoms. The van der Waals surface area contributed by atoms with E-state index in [0.717, 1.165) is 30.9 Å². The second-order valence-electron chi connectivity index (χ2n) is 6.80. The molecule has 0 aromatic heterocycles. The van der Waals surface area contributed by atoms with Crippen LogP contribution in [-0.2, 0) is 6.54 Å². The fourth-order valence-corrected chi connectivity index (χ4v) is 3.81. The molecule has 1 aliphatic rings. The highest BCUT2D eigenvalue weighted by molar-refractivity contribution is 7.80. The number of phenolic OH excluding ortho intramolecular Hbond substituents is 1. The Morgan fingerprint density at radius 2 is 2.00 bits per heavy atom. The van der Waals surface area contributed by atoms with Gasteiger partial charge in [0, 0.05) is 23.8 Å². The number of aromatic hydroxyl groups is 1. The lowest BCUT2D eigenvalue weighted by molar-refractivity contribution is 0.267. The summed E-state index contributed by atoms with van der Waals surface area (Å²) in [5.41, 5.74) is 1.55. The average molecular weight is 388 g/mol. The molecule has 0 radical (unpaired) electrons. The number of hydrogen-bond donors (Lipinski definition) is 2. The van der Waals surface area contributed by atoms with E-state index in [1.165, 1.54) is 25.0 Å². The summed E-state index contributed by atoms with van der Waals surface area (Å²) in [5.74, 6) is -0.0648. The number of likely N-dealkylation sites (N-methyl/N-ethyl adjacent to an activating group) is 1. The van der Waals surface area contributed by atoms with E-state index in [-0.39, 0.29) is 11.6 Å². The van der Waals surface area contributed by atoms with E-state index >= 15 is 0 Å². The maximum atomic E-state index is 13.4. The zero-order chi connectivity index (χ0) is 19.2. The van der Waals surface area contributed by atoms with Crippen LogP contribution in [0.15, 0.2) is 48.5 Å². The Balaban J connectivity index is 1.75. The number of benzene rings is 2. The second-order valence-corrected chi connectivity index (χ2v) is 7.19. The number of thiocarbonyl (C=S) groups is 1. The molecule has 0 spiro atoms. The standard InChI is InChI=1S/C21H26FN3OS/c1-2-24-13-5-7-19(24)14-23-21(27)25(18-11-9-17(22)10-12-18)15-16-6-3-4-8-20(16)26/h3-4,6,8-12,19,26H,2,5,7,13-15H2,1H3,(H,23,27)/t19-/m1/s1. The van der Waals surface area contributed by atoms with Crippen LogP contribution in [0, 0.1) is 5.82 Å². The van der Waals surface area contributed by atoms with E-state index in [2.05, 4.69) is 17.1 Å². The monoisotopic (exact) mass is 387 g/mol. The predicted octanol–water partition coefficient (Wildman–Crippen LogP) is 3.90. The fraction of sp³-hybridized carbons (Fsp3) is 0.381. The number of nitrogens with one attached hydrogen (secondary N) is 1. The zero-order valence-electron chi connectivity index (χ0n) is 15.6. The quantitative estimate of drug-likeness (QED) is 0.736. The van der Waals surface area contributed by atoms with E-state index in [1.54, 1.807) is 24.3 Å². The van der Waals surface area contributed by atoms with Crippen LogP contribution in [0.3, 0.4) is 0 Å². The van der Waals surface area contributed by atoms with Gasteiger partial charge < -0.3 is 15.3 Å². The Labute approximate surface area is 165 Å². The van der Waals surface area contributed by atoms with Crippen molar-refractivity contribution in [1.82, 2.24) is 10.2 Å². The van der Waals surface area contributed by atoms with Gasteiger partial charge in [-0.25, -0.2) is 4.39 Å². The molecule has 3 rings (SSSR count). The minimum Gasteiger partial charge on any atom is -0.508 e. The van der Waals surface area contributed by atoms with Gasteiger partial charge in [-0.2, -0.15) is 0 Å². The van der Waals surface area contributed by atoms with Crippen molar-refractivity contribution in [3.8, 4) is 5.75 Å². The first-order valence-electron chi connectivity index (χ1n) is 9.40. The first-order valence-corrected chi connectivity index (χ1v) is 9.81. The zero-order valence-corrected chi connectivity index (χ0v) is 16.4. The van der Waals surface area contributed by atoms with Crippen LogP contribution in [0.1, 0.15) is 25.3 Å². The predicted molar refractivity (Wildman–Crippen MR) is 112 cm³/mol. The normalized spacial score (nSPS) is 17.0. The number of anilines is 1. The van der Waals surface area contributed by atoms with Crippen LogP contribution in [0.5, 0.6) is 5.75 Å². The summed E-state index contributed by atoms with van der Waals surface area (Å²) in [6.45, 7) is 5.55. The third kappa shape index (κ3) is 4.96. The molecule has 1 fully saturated rings. The number of phenols is 1. The topological polar surface area (TPSA) is 38.7 Å². The van der Waals surface area contributed by atoms with Gasteiger partial charge in [-0.15, -0.1) is 0 Å². The molecule has 0 saturated carbocycles. The highest BCUT2D eigenvalue weighted by Crippen LogP contribution is 2.23. The fourth-order valence-electron chi connectivity index (χ4n) is 3.56. The molecule has 1 aliphatic heterocycles. The first-order chi connectivity index (χ1) is 13.1. The summed E-state index contributed by atoms with van der Waals surface area (Å²) in [7, 11) is 0. The Bertz CT molecular complexity index is 768. The number of likely N-dealkylation sites (tertiary alicyclic amines) is 1. The molecule has 1 atom stereocenters. The maximum Gasteiger partial charge on any atom is 0.173 e. The van der Waals surface area contributed by atoms with Crippen molar-refractivity contribution in [3.05, 3.63) is 59.9 Å². The van der Waals surface area contributed by atoms with Crippen molar-refractivity contribution >= 4 is 23.0 Å². The van der Waals surface area contributed by atoms with Gasteiger partial charge in [0.25, 0.3) is 0 Å². The van der Waals surface area contributed by atoms with Gasteiger partial charge in [0.2, 0.25) is 0 Å². The average Bonchev–Trinajstić information content (AvgIpc) is 3.14. The highest BCUT2D eigenvalue weighted by atomic mass is 32.1. The van der Waals surface area contributed by atoms with Crippen LogP contribution in [0.25, 0.3) is 0 Å². The van der Waals surface area contributed by atoms with Crippen molar-refractivity contribution in [3.63, 3.8) is 0 Å². The van der Waals surface area contributed by atoms with E-state index in [4.69, 9.17) is 12.2 Å². The molecule has 0 bridgehead atoms. The molecule has 6 heteroatoms. The maximum absolute atomic E-state index is 13.4. The molecular weight excluding hydrogens is 361 g/mol. The van der Waals surface area contributed by atoms with E-state index < -0.39 is 0 Å². The Morgan fingerprint density at radius 3 is 2.70 bits per heavy atom. The van der Waals surface area contributed by atoms with Gasteiger partial charge >= 0.3 is 0 Å². The van der Waals surface area contributed by atoms with Gasteiger partial charge in [-0.3, -0.25) is 4.90 Å². The van der Waals surface area contributed by atoms with Crippen LogP contribution < -0.4 is 10.2 Å². The molecular formula is C21H26FN3OS. The summed E-state index contributed by atoms with van der Waals surface area (Å²) in [5, 5.41) is 14.1. The molecule has 2 aromatic carbocycles. The Kier molecular flexibility index (Phi) is 6.63. The van der Waals surface area contributed by atoms with Crippen molar-refractivity contribution in [2.45, 2.75) is 32.4 Å². The molecule has 144 valence electrons. The van der Waals surface area contributed by atoms with Crippen molar-refractivity contribution in [2.24, 2.45) is 0 Å². The van der Waals surface area contributed by atoms with Crippen LogP contribution in [0.4, 0.5) is 10.1 Å². The minimum atomic E-state index is -0.287. The number of hydrogen-bond acceptors (Lipinski definition) is 3. The lowest BCUT2D eigenvalue weighted by Gasteiger charge is -2.29. The third-order valence-electron chi connectivity index (χ3n) is 5.10. The third-order valence-corrected chi connectivity index (χ3v) is 5.46. The number of para-hydroxylation sites is 1. The molecule has 2 N–H and O–H groups in total. The SMILES string of the molecule is CCN1CCC[C@@H]1CNC(=S)N(Cc1ccccc1O)c1ccc(F)cc1. The molecule has 1 saturated heterocycles. The molecule has 4 nitrogen and oxygen atoms in total. The van der Waals surface area contributed by atoms with Gasteiger partial charge in [-0.1, -0.05) is 25.1 Å². The van der Waals surface area contributed by atoms with Crippen molar-refractivity contribution in [2.75, 3.05) is 24.5 Å². The highest BCUT2D eigenvalue weighted by Gasteiger charge is 2.24. The lowest BCUT2D eigenvalue weighted by Crippen LogP contribution is -2.45. The molecule has 0 unspecified atom stereocenters. The lowest BCUT2D eigenvalue weighted by atomic mass is 10.1. The van der Waals surface area contributed by atoms with Crippen molar-refractivity contribution < 1.29 is 9.50 Å². The number of rotatable bonds is 6. The molecule has 0 aliphatic carbocycles. The summed E-state index contributed by atoms with van der Waals surface area (Å²) in [6.07, 6.45) is 2.38. The van der Waals surface area contributed by atoms with Crippen LogP contribution in [0.2, 0.25) is 0 Å². The van der Waals surface area contributed by atoms with Gasteiger partial charge in [0.15, 0.2) is 5.11 Å². The molecule has 1 heterocycles. The van der Waals surface area contributed by atoms with Crippen molar-refractivity contribution in [1.29, 1.82) is 0 Å². The first kappa shape index (κ1) is 19.6. The Hall–Kier alpha value is -2.18. The van der Waals surface area contributed by atoms with Gasteiger partial charge in [0.05, 0.1) is 6.54 Å². The number of halogens is 1. The second kappa shape index (κ2) is 9.15. The minimum absolute atomic E-state index is 0.223. The smallest absolute Gasteiger partial charge is 0.173 e. The van der Waals surface area contributed by atoms with E-state index in [1.807, 2.05) is 17.0 Å². The number of nitrogens with zero attached hydrogens (tertiary/aromatic N) is 2. The summed E-state index contributed by atoms with van der Waals surface area (Å²) < 4.78 is 13.4.